The minimum atomic E-state index is 0.0822. The number of hydrogen-bond acceptors (Lipinski definition) is 2. The van der Waals surface area contributed by atoms with E-state index in [4.69, 9.17) is 16.3 Å². The molecule has 0 fully saturated rings. The second-order valence-corrected chi connectivity index (χ2v) is 5.16. The molecule has 0 radical (unpaired) electrons. The van der Waals surface area contributed by atoms with Crippen LogP contribution in [0.15, 0.2) is 42.5 Å². The van der Waals surface area contributed by atoms with E-state index in [1.165, 1.54) is 11.1 Å². The van der Waals surface area contributed by atoms with Crippen LogP contribution in [0.5, 0.6) is 5.75 Å². The predicted octanol–water partition coefficient (Wildman–Crippen LogP) is 4.36. The minimum absolute atomic E-state index is 0.0822. The van der Waals surface area contributed by atoms with Crippen molar-refractivity contribution in [2.24, 2.45) is 0 Å². The van der Waals surface area contributed by atoms with Gasteiger partial charge in [0.2, 0.25) is 0 Å². The molecule has 0 aliphatic heterocycles. The molecule has 0 heterocycles. The molecule has 0 aliphatic carbocycles. The number of nitrogens with one attached hydrogen (secondary N) is 1. The van der Waals surface area contributed by atoms with Crippen LogP contribution < -0.4 is 10.1 Å². The van der Waals surface area contributed by atoms with Crippen molar-refractivity contribution in [2.45, 2.75) is 19.9 Å². The zero-order valence-corrected chi connectivity index (χ0v) is 12.9. The van der Waals surface area contributed by atoms with E-state index >= 15 is 0 Å². The van der Waals surface area contributed by atoms with Crippen molar-refractivity contribution in [3.63, 3.8) is 0 Å². The monoisotopic (exact) mass is 289 g/mol. The van der Waals surface area contributed by atoms with Gasteiger partial charge in [0.25, 0.3) is 0 Å². The molecule has 0 saturated carbocycles. The largest absolute Gasteiger partial charge is 0.494 e. The number of aryl methyl sites for hydroxylation is 1. The summed E-state index contributed by atoms with van der Waals surface area (Å²) in [4.78, 5) is 0. The topological polar surface area (TPSA) is 21.3 Å². The smallest absolute Gasteiger partial charge is 0.119 e. The Balaban J connectivity index is 2.31. The summed E-state index contributed by atoms with van der Waals surface area (Å²) in [6.45, 7) is 4.70. The summed E-state index contributed by atoms with van der Waals surface area (Å²) in [6.07, 6.45) is 0. The number of rotatable bonds is 5. The molecule has 0 spiro atoms. The molecule has 1 unspecified atom stereocenters. The van der Waals surface area contributed by atoms with Crippen molar-refractivity contribution in [3.05, 3.63) is 64.2 Å². The fourth-order valence-corrected chi connectivity index (χ4v) is 2.64. The third-order valence-corrected chi connectivity index (χ3v) is 3.61. The molecule has 1 atom stereocenters. The molecule has 20 heavy (non-hydrogen) atoms. The molecule has 2 aromatic rings. The zero-order chi connectivity index (χ0) is 14.5. The molecule has 0 bridgehead atoms. The molecule has 2 aromatic carbocycles. The molecule has 2 nitrogen and oxygen atoms in total. The van der Waals surface area contributed by atoms with Gasteiger partial charge in [0.05, 0.1) is 12.6 Å². The Morgan fingerprint density at radius 1 is 1.15 bits per heavy atom. The first-order valence-corrected chi connectivity index (χ1v) is 7.19. The Labute approximate surface area is 125 Å². The molecule has 0 amide bonds. The molecule has 106 valence electrons. The van der Waals surface area contributed by atoms with Crippen LogP contribution in [0, 0.1) is 6.92 Å². The minimum Gasteiger partial charge on any atom is -0.494 e. The van der Waals surface area contributed by atoms with Crippen molar-refractivity contribution >= 4 is 11.6 Å². The summed E-state index contributed by atoms with van der Waals surface area (Å²) in [5.41, 5.74) is 3.42. The zero-order valence-electron chi connectivity index (χ0n) is 12.1. The van der Waals surface area contributed by atoms with Crippen molar-refractivity contribution < 1.29 is 4.74 Å². The quantitative estimate of drug-likeness (QED) is 0.883. The van der Waals surface area contributed by atoms with Gasteiger partial charge in [-0.25, -0.2) is 0 Å². The molecule has 1 N–H and O–H groups in total. The van der Waals surface area contributed by atoms with E-state index in [1.54, 1.807) is 0 Å². The van der Waals surface area contributed by atoms with Crippen LogP contribution in [-0.2, 0) is 0 Å². The van der Waals surface area contributed by atoms with Crippen LogP contribution in [0.3, 0.4) is 0 Å². The lowest BCUT2D eigenvalue weighted by Gasteiger charge is -2.19. The first-order chi connectivity index (χ1) is 9.65. The van der Waals surface area contributed by atoms with Gasteiger partial charge in [-0.05, 0) is 55.8 Å². The first-order valence-electron chi connectivity index (χ1n) is 6.81. The standard InChI is InChI=1S/C17H20ClNO/c1-4-20-14-8-6-13(7-9-14)17(19-3)15-10-5-12(2)11-16(15)18/h5-11,17,19H,4H2,1-3H3. The van der Waals surface area contributed by atoms with Gasteiger partial charge < -0.3 is 10.1 Å². The fourth-order valence-electron chi connectivity index (χ4n) is 2.29. The molecule has 0 aromatic heterocycles. The first kappa shape index (κ1) is 14.9. The van der Waals surface area contributed by atoms with E-state index in [2.05, 4.69) is 29.6 Å². The Kier molecular flexibility index (Phi) is 5.05. The maximum absolute atomic E-state index is 6.37. The summed E-state index contributed by atoms with van der Waals surface area (Å²) >= 11 is 6.37. The van der Waals surface area contributed by atoms with Gasteiger partial charge in [0.15, 0.2) is 0 Å². The number of halogens is 1. The Morgan fingerprint density at radius 3 is 2.40 bits per heavy atom. The highest BCUT2D eigenvalue weighted by molar-refractivity contribution is 6.31. The maximum Gasteiger partial charge on any atom is 0.119 e. The van der Waals surface area contributed by atoms with Crippen molar-refractivity contribution in [1.29, 1.82) is 0 Å². The van der Waals surface area contributed by atoms with Gasteiger partial charge in [-0.1, -0.05) is 35.9 Å². The van der Waals surface area contributed by atoms with Gasteiger partial charge in [-0.3, -0.25) is 0 Å². The Hall–Kier alpha value is -1.51. The summed E-state index contributed by atoms with van der Waals surface area (Å²) in [5.74, 6) is 0.890. The molecule has 0 aliphatic rings. The van der Waals surface area contributed by atoms with E-state index in [0.717, 1.165) is 16.3 Å². The number of hydrogen-bond donors (Lipinski definition) is 1. The molecule has 2 rings (SSSR count). The highest BCUT2D eigenvalue weighted by atomic mass is 35.5. The highest BCUT2D eigenvalue weighted by Gasteiger charge is 2.15. The Morgan fingerprint density at radius 2 is 1.85 bits per heavy atom. The van der Waals surface area contributed by atoms with Crippen LogP contribution >= 0.6 is 11.6 Å². The molecule has 3 heteroatoms. The lowest BCUT2D eigenvalue weighted by Crippen LogP contribution is -2.18. The molecular formula is C17H20ClNO. The van der Waals surface area contributed by atoms with Crippen molar-refractivity contribution in [2.75, 3.05) is 13.7 Å². The third-order valence-electron chi connectivity index (χ3n) is 3.28. The molecular weight excluding hydrogens is 270 g/mol. The van der Waals surface area contributed by atoms with Crippen LogP contribution in [0.1, 0.15) is 29.7 Å². The predicted molar refractivity (Wildman–Crippen MR) is 84.7 cm³/mol. The SMILES string of the molecule is CCOc1ccc(C(NC)c2ccc(C)cc2Cl)cc1. The second kappa shape index (κ2) is 6.78. The van der Waals surface area contributed by atoms with Crippen LogP contribution in [0.25, 0.3) is 0 Å². The maximum atomic E-state index is 6.37. The second-order valence-electron chi connectivity index (χ2n) is 4.75. The van der Waals surface area contributed by atoms with E-state index < -0.39 is 0 Å². The number of benzene rings is 2. The van der Waals surface area contributed by atoms with Crippen molar-refractivity contribution in [3.8, 4) is 5.75 Å². The highest BCUT2D eigenvalue weighted by Crippen LogP contribution is 2.29. The summed E-state index contributed by atoms with van der Waals surface area (Å²) in [6, 6.07) is 14.4. The van der Waals surface area contributed by atoms with Crippen LogP contribution in [0.2, 0.25) is 5.02 Å². The van der Waals surface area contributed by atoms with Crippen molar-refractivity contribution in [1.82, 2.24) is 5.32 Å². The third kappa shape index (κ3) is 3.33. The average Bonchev–Trinajstić information content (AvgIpc) is 2.44. The van der Waals surface area contributed by atoms with Gasteiger partial charge in [0, 0.05) is 5.02 Å². The van der Waals surface area contributed by atoms with Gasteiger partial charge in [-0.15, -0.1) is 0 Å². The van der Waals surface area contributed by atoms with Gasteiger partial charge in [-0.2, -0.15) is 0 Å². The number of ether oxygens (including phenoxy) is 1. The lowest BCUT2D eigenvalue weighted by atomic mass is 9.98. The Bertz CT molecular complexity index is 566. The van der Waals surface area contributed by atoms with E-state index in [9.17, 15) is 0 Å². The van der Waals surface area contributed by atoms with Crippen LogP contribution in [-0.4, -0.2) is 13.7 Å². The normalized spacial score (nSPS) is 12.2. The summed E-state index contributed by atoms with van der Waals surface area (Å²) < 4.78 is 5.47. The molecule has 0 saturated heterocycles. The van der Waals surface area contributed by atoms with Gasteiger partial charge >= 0.3 is 0 Å². The summed E-state index contributed by atoms with van der Waals surface area (Å²) in [5, 5.41) is 4.11. The lowest BCUT2D eigenvalue weighted by molar-refractivity contribution is 0.340. The summed E-state index contributed by atoms with van der Waals surface area (Å²) in [7, 11) is 1.94. The van der Waals surface area contributed by atoms with Gasteiger partial charge in [0.1, 0.15) is 5.75 Å². The van der Waals surface area contributed by atoms with E-state index in [0.29, 0.717) is 6.61 Å². The van der Waals surface area contributed by atoms with E-state index in [-0.39, 0.29) is 6.04 Å². The van der Waals surface area contributed by atoms with Crippen LogP contribution in [0.4, 0.5) is 0 Å². The fraction of sp³-hybridized carbons (Fsp3) is 0.294. The van der Waals surface area contributed by atoms with E-state index in [1.807, 2.05) is 39.1 Å². The average molecular weight is 290 g/mol.